The van der Waals surface area contributed by atoms with Crippen LogP contribution in [0.1, 0.15) is 36.5 Å². The Morgan fingerprint density at radius 2 is 2.16 bits per heavy atom. The van der Waals surface area contributed by atoms with Gasteiger partial charge < -0.3 is 10.1 Å². The van der Waals surface area contributed by atoms with Crippen molar-refractivity contribution < 1.29 is 14.3 Å². The Balaban J connectivity index is 2.06. The maximum absolute atomic E-state index is 11.8. The number of hydrogen-bond acceptors (Lipinski definition) is 3. The molecule has 1 aromatic carbocycles. The summed E-state index contributed by atoms with van der Waals surface area (Å²) >= 11 is 3.36. The monoisotopic (exact) mass is 325 g/mol. The number of carbonyl (C=O) groups is 2. The topological polar surface area (TPSA) is 55.4 Å². The Kier molecular flexibility index (Phi) is 4.58. The molecule has 19 heavy (non-hydrogen) atoms. The summed E-state index contributed by atoms with van der Waals surface area (Å²) in [6.07, 6.45) is 3.05. The molecule has 1 aliphatic carbocycles. The lowest BCUT2D eigenvalue weighted by Crippen LogP contribution is -2.28. The van der Waals surface area contributed by atoms with Crippen LogP contribution in [-0.4, -0.2) is 18.5 Å². The lowest BCUT2D eigenvalue weighted by atomic mass is 9.85. The van der Waals surface area contributed by atoms with E-state index >= 15 is 0 Å². The number of nitrogens with one attached hydrogen (secondary N) is 1. The number of ether oxygens (including phenoxy) is 1. The van der Waals surface area contributed by atoms with E-state index in [0.29, 0.717) is 22.3 Å². The molecule has 0 atom stereocenters. The molecule has 0 aromatic heterocycles. The van der Waals surface area contributed by atoms with Gasteiger partial charge in [-0.25, -0.2) is 4.79 Å². The molecule has 1 aliphatic rings. The van der Waals surface area contributed by atoms with Crippen molar-refractivity contribution >= 4 is 33.5 Å². The first kappa shape index (κ1) is 14.1. The van der Waals surface area contributed by atoms with Gasteiger partial charge in [0, 0.05) is 10.4 Å². The van der Waals surface area contributed by atoms with Crippen LogP contribution in [0.2, 0.25) is 0 Å². The van der Waals surface area contributed by atoms with Gasteiger partial charge in [0.2, 0.25) is 5.91 Å². The van der Waals surface area contributed by atoms with E-state index in [0.717, 1.165) is 19.3 Å². The van der Waals surface area contributed by atoms with Crippen LogP contribution in [0, 0.1) is 5.92 Å². The van der Waals surface area contributed by atoms with Gasteiger partial charge in [-0.15, -0.1) is 0 Å². The molecule has 0 saturated heterocycles. The number of halogens is 1. The van der Waals surface area contributed by atoms with Crippen LogP contribution in [0.25, 0.3) is 0 Å². The van der Waals surface area contributed by atoms with Crippen molar-refractivity contribution in [2.45, 2.75) is 26.2 Å². The van der Waals surface area contributed by atoms with Gasteiger partial charge in [0.05, 0.1) is 17.9 Å². The second kappa shape index (κ2) is 6.19. The molecule has 0 unspecified atom stereocenters. The Morgan fingerprint density at radius 3 is 2.68 bits per heavy atom. The molecule has 1 fully saturated rings. The molecule has 0 heterocycles. The van der Waals surface area contributed by atoms with Gasteiger partial charge in [-0.05, 0) is 53.9 Å². The molecule has 5 heteroatoms. The number of esters is 1. The Morgan fingerprint density at radius 1 is 1.42 bits per heavy atom. The van der Waals surface area contributed by atoms with E-state index in [9.17, 15) is 9.59 Å². The summed E-state index contributed by atoms with van der Waals surface area (Å²) in [4.78, 5) is 23.4. The number of rotatable bonds is 4. The number of amides is 1. The van der Waals surface area contributed by atoms with Gasteiger partial charge in [-0.2, -0.15) is 0 Å². The predicted molar refractivity (Wildman–Crippen MR) is 76.1 cm³/mol. The van der Waals surface area contributed by atoms with E-state index in [1.807, 2.05) is 0 Å². The quantitative estimate of drug-likeness (QED) is 0.863. The third kappa shape index (κ3) is 3.35. The highest BCUT2D eigenvalue weighted by Gasteiger charge is 2.25. The first-order valence-corrected chi connectivity index (χ1v) is 7.18. The second-order valence-corrected chi connectivity index (χ2v) is 5.39. The average molecular weight is 326 g/mol. The van der Waals surface area contributed by atoms with Gasteiger partial charge in [0.1, 0.15) is 0 Å². The first-order valence-electron chi connectivity index (χ1n) is 6.39. The zero-order valence-electron chi connectivity index (χ0n) is 10.7. The fourth-order valence-corrected chi connectivity index (χ4v) is 2.34. The van der Waals surface area contributed by atoms with Crippen LogP contribution in [0.15, 0.2) is 22.7 Å². The Bertz CT molecular complexity index is 497. The number of carbonyl (C=O) groups excluding carboxylic acids is 2. The van der Waals surface area contributed by atoms with Crippen LogP contribution in [-0.2, 0) is 9.53 Å². The molecule has 2 rings (SSSR count). The summed E-state index contributed by atoms with van der Waals surface area (Å²) in [5.74, 6) is -0.174. The van der Waals surface area contributed by atoms with Crippen molar-refractivity contribution in [1.29, 1.82) is 0 Å². The summed E-state index contributed by atoms with van der Waals surface area (Å²) in [5, 5.41) is 2.87. The minimum atomic E-state index is -0.361. The van der Waals surface area contributed by atoms with E-state index in [-0.39, 0.29) is 17.8 Å². The standard InChI is InChI=1S/C14H16BrNO3/c1-2-19-14(18)10-6-7-12(11(15)8-10)16-13(17)9-4-3-5-9/h6-9H,2-5H2,1H3,(H,16,17). The van der Waals surface area contributed by atoms with Crippen LogP contribution in [0.5, 0.6) is 0 Å². The van der Waals surface area contributed by atoms with E-state index in [1.165, 1.54) is 0 Å². The third-order valence-corrected chi connectivity index (χ3v) is 3.87. The van der Waals surface area contributed by atoms with Gasteiger partial charge in [-0.3, -0.25) is 4.79 Å². The van der Waals surface area contributed by atoms with Gasteiger partial charge in [0.15, 0.2) is 0 Å². The summed E-state index contributed by atoms with van der Waals surface area (Å²) in [6, 6.07) is 5.03. The number of hydrogen-bond donors (Lipinski definition) is 1. The van der Waals surface area contributed by atoms with E-state index in [1.54, 1.807) is 25.1 Å². The molecule has 0 aliphatic heterocycles. The van der Waals surface area contributed by atoms with Crippen molar-refractivity contribution in [3.05, 3.63) is 28.2 Å². The summed E-state index contributed by atoms with van der Waals surface area (Å²) in [5.41, 5.74) is 1.15. The molecular formula is C14H16BrNO3. The zero-order valence-corrected chi connectivity index (χ0v) is 12.3. The van der Waals surface area contributed by atoms with Gasteiger partial charge >= 0.3 is 5.97 Å². The fraction of sp³-hybridized carbons (Fsp3) is 0.429. The lowest BCUT2D eigenvalue weighted by Gasteiger charge is -2.24. The number of anilines is 1. The van der Waals surface area contributed by atoms with E-state index in [2.05, 4.69) is 21.2 Å². The summed E-state index contributed by atoms with van der Waals surface area (Å²) in [6.45, 7) is 2.11. The molecule has 0 spiro atoms. The third-order valence-electron chi connectivity index (χ3n) is 3.21. The van der Waals surface area contributed by atoms with Gasteiger partial charge in [0.25, 0.3) is 0 Å². The van der Waals surface area contributed by atoms with Gasteiger partial charge in [-0.1, -0.05) is 6.42 Å². The van der Waals surface area contributed by atoms with E-state index in [4.69, 9.17) is 4.74 Å². The Labute approximate surface area is 120 Å². The second-order valence-electron chi connectivity index (χ2n) is 4.53. The van der Waals surface area contributed by atoms with Crippen LogP contribution < -0.4 is 5.32 Å². The number of benzene rings is 1. The molecule has 4 nitrogen and oxygen atoms in total. The average Bonchev–Trinajstić information content (AvgIpc) is 2.29. The normalized spacial score (nSPS) is 14.6. The van der Waals surface area contributed by atoms with Crippen molar-refractivity contribution in [3.63, 3.8) is 0 Å². The van der Waals surface area contributed by atoms with Crippen molar-refractivity contribution in [1.82, 2.24) is 0 Å². The molecular weight excluding hydrogens is 310 g/mol. The fourth-order valence-electron chi connectivity index (χ4n) is 1.86. The van der Waals surface area contributed by atoms with Crippen LogP contribution >= 0.6 is 15.9 Å². The minimum Gasteiger partial charge on any atom is -0.462 e. The minimum absolute atomic E-state index is 0.0517. The Hall–Kier alpha value is -1.36. The zero-order chi connectivity index (χ0) is 13.8. The van der Waals surface area contributed by atoms with Crippen molar-refractivity contribution in [2.24, 2.45) is 5.92 Å². The van der Waals surface area contributed by atoms with Crippen molar-refractivity contribution in [2.75, 3.05) is 11.9 Å². The first-order chi connectivity index (χ1) is 9.11. The highest BCUT2D eigenvalue weighted by molar-refractivity contribution is 9.10. The highest BCUT2D eigenvalue weighted by atomic mass is 79.9. The van der Waals surface area contributed by atoms with Crippen LogP contribution in [0.3, 0.4) is 0 Å². The predicted octanol–water partition coefficient (Wildman–Crippen LogP) is 3.36. The largest absolute Gasteiger partial charge is 0.462 e. The summed E-state index contributed by atoms with van der Waals surface area (Å²) in [7, 11) is 0. The molecule has 0 radical (unpaired) electrons. The molecule has 1 saturated carbocycles. The molecule has 102 valence electrons. The summed E-state index contributed by atoms with van der Waals surface area (Å²) < 4.78 is 5.61. The van der Waals surface area contributed by atoms with Crippen molar-refractivity contribution in [3.8, 4) is 0 Å². The highest BCUT2D eigenvalue weighted by Crippen LogP contribution is 2.30. The molecule has 1 aromatic rings. The SMILES string of the molecule is CCOC(=O)c1ccc(NC(=O)C2CCC2)c(Br)c1. The maximum atomic E-state index is 11.8. The maximum Gasteiger partial charge on any atom is 0.338 e. The smallest absolute Gasteiger partial charge is 0.338 e. The molecule has 1 amide bonds. The van der Waals surface area contributed by atoms with Crippen LogP contribution in [0.4, 0.5) is 5.69 Å². The molecule has 0 bridgehead atoms. The van der Waals surface area contributed by atoms with E-state index < -0.39 is 0 Å². The lowest BCUT2D eigenvalue weighted by molar-refractivity contribution is -0.122. The molecule has 1 N–H and O–H groups in total.